The number of amides is 1. The van der Waals surface area contributed by atoms with Crippen molar-refractivity contribution < 1.29 is 45.0 Å². The highest BCUT2D eigenvalue weighted by molar-refractivity contribution is 7.92. The summed E-state index contributed by atoms with van der Waals surface area (Å²) >= 11 is 0. The molecule has 0 fully saturated rings. The number of hydrogen-bond acceptors (Lipinski definition) is 6. The van der Waals surface area contributed by atoms with Crippen LogP contribution >= 0.6 is 0 Å². The molecule has 2 aromatic rings. The van der Waals surface area contributed by atoms with Crippen LogP contribution in [-0.4, -0.2) is 33.2 Å². The van der Waals surface area contributed by atoms with Crippen molar-refractivity contribution in [2.45, 2.75) is 50.8 Å². The Morgan fingerprint density at radius 1 is 1.03 bits per heavy atom. The van der Waals surface area contributed by atoms with Crippen LogP contribution in [0.15, 0.2) is 35.2 Å². The topological polar surface area (TPSA) is 111 Å². The number of hydrogen-bond donors (Lipinski definition) is 2. The van der Waals surface area contributed by atoms with Crippen LogP contribution in [0.5, 0.6) is 0 Å². The fourth-order valence-electron chi connectivity index (χ4n) is 2.93. The number of benzene rings is 2. The van der Waals surface area contributed by atoms with E-state index in [4.69, 9.17) is 4.74 Å². The van der Waals surface area contributed by atoms with E-state index < -0.39 is 61.5 Å². The molecular weight excluding hydrogens is 496 g/mol. The molecule has 0 spiro atoms. The zero-order valence-electron chi connectivity index (χ0n) is 19.5. The van der Waals surface area contributed by atoms with E-state index in [1.807, 2.05) is 4.72 Å². The van der Waals surface area contributed by atoms with E-state index in [2.05, 4.69) is 10.1 Å². The summed E-state index contributed by atoms with van der Waals surface area (Å²) in [7, 11) is -3.54. The highest BCUT2D eigenvalue weighted by Crippen LogP contribution is 2.37. The van der Waals surface area contributed by atoms with Crippen molar-refractivity contribution in [1.29, 1.82) is 0 Å². The number of anilines is 2. The number of rotatable bonds is 6. The molecular formula is C22H24F4N2O6S. The van der Waals surface area contributed by atoms with Gasteiger partial charge in [0.15, 0.2) is 0 Å². The van der Waals surface area contributed by atoms with Crippen molar-refractivity contribution in [2.24, 2.45) is 0 Å². The molecule has 0 aliphatic carbocycles. The van der Waals surface area contributed by atoms with Gasteiger partial charge in [-0.15, -0.1) is 0 Å². The number of halogens is 4. The first-order valence-corrected chi connectivity index (χ1v) is 11.6. The van der Waals surface area contributed by atoms with Crippen LogP contribution in [0.4, 0.5) is 33.7 Å². The second-order valence-electron chi connectivity index (χ2n) is 8.28. The molecule has 13 heteroatoms. The predicted molar refractivity (Wildman–Crippen MR) is 119 cm³/mol. The standard InChI is InChI=1S/C22H24F4N2O6S/c1-6-12-7-8-13(19(29)33-5)9-18(12)35(31,32)28-17-10-14(22(24,25)26)15(23)11-16(17)27-20(30)34-21(2,3)4/h7-11,28H,6H2,1-5H3,(H,27,30). The number of esters is 1. The van der Waals surface area contributed by atoms with Gasteiger partial charge in [-0.05, 0) is 51.0 Å². The maximum atomic E-state index is 14.2. The van der Waals surface area contributed by atoms with Gasteiger partial charge in [-0.2, -0.15) is 13.2 Å². The summed E-state index contributed by atoms with van der Waals surface area (Å²) in [4.78, 5) is 23.6. The largest absolute Gasteiger partial charge is 0.465 e. The van der Waals surface area contributed by atoms with E-state index in [1.54, 1.807) is 6.92 Å². The zero-order chi connectivity index (χ0) is 26.8. The van der Waals surface area contributed by atoms with Crippen LogP contribution < -0.4 is 10.0 Å². The SMILES string of the molecule is CCc1ccc(C(=O)OC)cc1S(=O)(=O)Nc1cc(C(F)(F)F)c(F)cc1NC(=O)OC(C)(C)C. The molecule has 35 heavy (non-hydrogen) atoms. The molecule has 2 aromatic carbocycles. The molecule has 0 heterocycles. The van der Waals surface area contributed by atoms with Crippen LogP contribution in [0.25, 0.3) is 0 Å². The highest BCUT2D eigenvalue weighted by Gasteiger charge is 2.36. The Balaban J connectivity index is 2.63. The minimum atomic E-state index is -5.16. The number of aryl methyl sites for hydroxylation is 1. The van der Waals surface area contributed by atoms with Gasteiger partial charge in [0.2, 0.25) is 0 Å². The number of ether oxygens (including phenoxy) is 2. The third-order valence-electron chi connectivity index (χ3n) is 4.45. The molecule has 0 aromatic heterocycles. The minimum absolute atomic E-state index is 0.118. The van der Waals surface area contributed by atoms with Crippen LogP contribution in [0.3, 0.4) is 0 Å². The predicted octanol–water partition coefficient (Wildman–Crippen LogP) is 5.34. The molecule has 0 aliphatic heterocycles. The second-order valence-corrected chi connectivity index (χ2v) is 9.93. The molecule has 0 atom stereocenters. The normalized spacial score (nSPS) is 12.1. The van der Waals surface area contributed by atoms with Gasteiger partial charge in [-0.1, -0.05) is 13.0 Å². The first-order chi connectivity index (χ1) is 16.0. The van der Waals surface area contributed by atoms with Gasteiger partial charge in [0, 0.05) is 6.07 Å². The average molecular weight is 521 g/mol. The lowest BCUT2D eigenvalue weighted by atomic mass is 10.1. The summed E-state index contributed by atoms with van der Waals surface area (Å²) < 4.78 is 92.1. The second kappa shape index (κ2) is 10.1. The molecule has 8 nitrogen and oxygen atoms in total. The van der Waals surface area contributed by atoms with Crippen molar-refractivity contribution >= 4 is 33.5 Å². The summed E-state index contributed by atoms with van der Waals surface area (Å²) in [5, 5.41) is 2.06. The summed E-state index contributed by atoms with van der Waals surface area (Å²) in [6.07, 6.45) is -6.12. The van der Waals surface area contributed by atoms with E-state index in [0.717, 1.165) is 13.2 Å². The molecule has 0 unspecified atom stereocenters. The van der Waals surface area contributed by atoms with Crippen LogP contribution in [0.1, 0.15) is 49.2 Å². The van der Waals surface area contributed by atoms with E-state index in [1.165, 1.54) is 32.9 Å². The molecule has 192 valence electrons. The van der Waals surface area contributed by atoms with Gasteiger partial charge >= 0.3 is 18.2 Å². The smallest absolute Gasteiger partial charge is 0.419 e. The zero-order valence-corrected chi connectivity index (χ0v) is 20.3. The van der Waals surface area contributed by atoms with Crippen LogP contribution in [0.2, 0.25) is 0 Å². The molecule has 1 amide bonds. The lowest BCUT2D eigenvalue weighted by molar-refractivity contribution is -0.139. The third kappa shape index (κ3) is 7.07. The van der Waals surface area contributed by atoms with Crippen molar-refractivity contribution in [1.82, 2.24) is 0 Å². The van der Waals surface area contributed by atoms with Gasteiger partial charge < -0.3 is 9.47 Å². The molecule has 0 radical (unpaired) electrons. The summed E-state index contributed by atoms with van der Waals surface area (Å²) in [5.74, 6) is -2.58. The monoisotopic (exact) mass is 520 g/mol. The number of nitrogens with one attached hydrogen (secondary N) is 2. The first-order valence-electron chi connectivity index (χ1n) is 10.1. The first kappa shape index (κ1) is 27.9. The third-order valence-corrected chi connectivity index (χ3v) is 5.90. The fourth-order valence-corrected chi connectivity index (χ4v) is 4.34. The van der Waals surface area contributed by atoms with Crippen LogP contribution in [-0.2, 0) is 32.1 Å². The van der Waals surface area contributed by atoms with Gasteiger partial charge in [0.1, 0.15) is 11.4 Å². The Hall–Kier alpha value is -3.35. The van der Waals surface area contributed by atoms with Crippen molar-refractivity contribution in [3.63, 3.8) is 0 Å². The highest BCUT2D eigenvalue weighted by atomic mass is 32.2. The van der Waals surface area contributed by atoms with Crippen LogP contribution in [0, 0.1) is 5.82 Å². The molecule has 2 N–H and O–H groups in total. The Morgan fingerprint density at radius 3 is 2.17 bits per heavy atom. The molecule has 2 rings (SSSR count). The number of carbonyl (C=O) groups excluding carboxylic acids is 2. The summed E-state index contributed by atoms with van der Waals surface area (Å²) in [5.41, 5.74) is -4.02. The number of sulfonamides is 1. The maximum absolute atomic E-state index is 14.2. The quantitative estimate of drug-likeness (QED) is 0.393. The molecule has 0 saturated heterocycles. The van der Waals surface area contributed by atoms with Gasteiger partial charge in [-0.25, -0.2) is 22.4 Å². The van der Waals surface area contributed by atoms with E-state index in [0.29, 0.717) is 6.07 Å². The number of alkyl halides is 3. The Bertz CT molecular complexity index is 1240. The fraction of sp³-hybridized carbons (Fsp3) is 0.364. The Labute approximate surface area is 199 Å². The lowest BCUT2D eigenvalue weighted by Crippen LogP contribution is -2.28. The van der Waals surface area contributed by atoms with Gasteiger partial charge in [0.25, 0.3) is 10.0 Å². The number of methoxy groups -OCH3 is 1. The Morgan fingerprint density at radius 2 is 1.66 bits per heavy atom. The van der Waals surface area contributed by atoms with Crippen molar-refractivity contribution in [3.8, 4) is 0 Å². The van der Waals surface area contributed by atoms with Gasteiger partial charge in [-0.3, -0.25) is 10.0 Å². The average Bonchev–Trinajstić information content (AvgIpc) is 2.72. The van der Waals surface area contributed by atoms with E-state index in [-0.39, 0.29) is 23.6 Å². The lowest BCUT2D eigenvalue weighted by Gasteiger charge is -2.21. The summed E-state index contributed by atoms with van der Waals surface area (Å²) in [6.45, 7) is 6.18. The van der Waals surface area contributed by atoms with E-state index in [9.17, 15) is 35.6 Å². The molecule has 0 bridgehead atoms. The molecule has 0 saturated carbocycles. The number of carbonyl (C=O) groups is 2. The van der Waals surface area contributed by atoms with E-state index >= 15 is 0 Å². The maximum Gasteiger partial charge on any atom is 0.419 e. The van der Waals surface area contributed by atoms with Gasteiger partial charge in [0.05, 0.1) is 34.5 Å². The molecule has 0 aliphatic rings. The summed E-state index contributed by atoms with van der Waals surface area (Å²) in [6, 6.07) is 4.24. The Kier molecular flexibility index (Phi) is 8.05. The minimum Gasteiger partial charge on any atom is -0.465 e. The van der Waals surface area contributed by atoms with Crippen molar-refractivity contribution in [3.05, 3.63) is 52.8 Å². The van der Waals surface area contributed by atoms with Crippen molar-refractivity contribution in [2.75, 3.05) is 17.1 Å².